The lowest BCUT2D eigenvalue weighted by molar-refractivity contribution is -0.141. The van der Waals surface area contributed by atoms with Gasteiger partial charge in [-0.15, -0.1) is 0 Å². The van der Waals surface area contributed by atoms with Crippen molar-refractivity contribution in [2.24, 2.45) is 0 Å². The Labute approximate surface area is 326 Å². The van der Waals surface area contributed by atoms with Crippen molar-refractivity contribution in [3.05, 3.63) is 101 Å². The van der Waals surface area contributed by atoms with E-state index < -0.39 is 31.0 Å². The summed E-state index contributed by atoms with van der Waals surface area (Å²) in [6.45, 7) is 12.6. The van der Waals surface area contributed by atoms with Gasteiger partial charge in [0.05, 0.1) is 24.6 Å². The largest absolute Gasteiger partial charge is 1.00 e. The van der Waals surface area contributed by atoms with Gasteiger partial charge in [-0.05, 0) is 87.3 Å². The first-order chi connectivity index (χ1) is 25.0. The fraction of sp³-hybridized carbons (Fsp3) is 0.523. The highest BCUT2D eigenvalue weighted by Crippen LogP contribution is 2.63. The van der Waals surface area contributed by atoms with Crippen molar-refractivity contribution < 1.29 is 31.5 Å². The third kappa shape index (κ3) is 13.7. The molecule has 2 unspecified atom stereocenters. The molecule has 7 nitrogen and oxygen atoms in total. The van der Waals surface area contributed by atoms with Crippen molar-refractivity contribution in [1.29, 1.82) is 0 Å². The highest BCUT2D eigenvalue weighted by molar-refractivity contribution is 7.75. The number of ether oxygens (including phenoxy) is 1. The molecule has 0 aliphatic carbocycles. The lowest BCUT2D eigenvalue weighted by Gasteiger charge is -2.38. The summed E-state index contributed by atoms with van der Waals surface area (Å²) in [5, 5.41) is 6.01. The smallest absolute Gasteiger partial charge is 0.408 e. The number of fused-ring (bicyclic) bond motifs is 1. The lowest BCUT2D eigenvalue weighted by Crippen LogP contribution is -3.00. The number of anilines is 1. The molecule has 1 heterocycles. The normalized spacial score (nSPS) is 14.8. The van der Waals surface area contributed by atoms with Crippen LogP contribution >= 0.6 is 7.26 Å². The van der Waals surface area contributed by atoms with E-state index in [4.69, 9.17) is 4.74 Å². The van der Waals surface area contributed by atoms with Crippen LogP contribution in [-0.2, 0) is 39.9 Å². The second kappa shape index (κ2) is 21.5. The van der Waals surface area contributed by atoms with Crippen LogP contribution < -0.4 is 23.0 Å². The zero-order valence-electron chi connectivity index (χ0n) is 33.0. The number of halogens is 1. The molecule has 0 saturated carbocycles. The Hall–Kier alpha value is -3.41. The first kappa shape index (κ1) is 44.0. The van der Waals surface area contributed by atoms with Gasteiger partial charge in [-0.3, -0.25) is 9.59 Å². The summed E-state index contributed by atoms with van der Waals surface area (Å²) in [6, 6.07) is 24.7. The summed E-state index contributed by atoms with van der Waals surface area (Å²) in [4.78, 5) is 43.3. The molecular formula is C44H63ClN3O4P. The first-order valence-electron chi connectivity index (χ1n) is 19.6. The van der Waals surface area contributed by atoms with Gasteiger partial charge in [-0.2, -0.15) is 0 Å². The van der Waals surface area contributed by atoms with Crippen LogP contribution in [0.1, 0.15) is 109 Å². The van der Waals surface area contributed by atoms with Gasteiger partial charge in [0, 0.05) is 25.9 Å². The maximum Gasteiger partial charge on any atom is 0.408 e. The standard InChI is InChI=1S/C44H62N3O4P.ClH/c1-7-10-28-52(29-11-8-2,30-12-9-3)33-35-22-25-38(26-23-35)45-41(48)40-31-36-20-16-17-21-37(36)32-47(40)42(49)39(46-43(50)51-44(4,5)6)27-24-34-18-14-13-15-19-34;/h13-23,25-26,39-40H,7-12,24,27-33H2,1-6H3,(H-,45,46,48,50);1H. The zero-order chi connectivity index (χ0) is 37.6. The maximum absolute atomic E-state index is 14.5. The molecule has 0 spiro atoms. The van der Waals surface area contributed by atoms with Gasteiger partial charge >= 0.3 is 6.09 Å². The van der Waals surface area contributed by atoms with Crippen LogP contribution in [0.5, 0.6) is 0 Å². The molecule has 0 saturated heterocycles. The molecule has 0 aromatic heterocycles. The van der Waals surface area contributed by atoms with Crippen molar-refractivity contribution in [3.8, 4) is 0 Å². The molecule has 4 rings (SSSR count). The second-order valence-electron chi connectivity index (χ2n) is 15.6. The van der Waals surface area contributed by atoms with E-state index >= 15 is 0 Å². The molecule has 290 valence electrons. The predicted octanol–water partition coefficient (Wildman–Crippen LogP) is 7.03. The van der Waals surface area contributed by atoms with Crippen molar-refractivity contribution >= 4 is 30.9 Å². The van der Waals surface area contributed by atoms with Gasteiger partial charge in [-0.1, -0.05) is 107 Å². The molecule has 2 atom stereocenters. The average molecular weight is 764 g/mol. The third-order valence-corrected chi connectivity index (χ3v) is 14.9. The number of nitrogens with one attached hydrogen (secondary N) is 2. The minimum Gasteiger partial charge on any atom is -1.00 e. The Morgan fingerprint density at radius 2 is 1.36 bits per heavy atom. The first-order valence-corrected chi connectivity index (χ1v) is 22.1. The van der Waals surface area contributed by atoms with Crippen LogP contribution in [0.4, 0.5) is 10.5 Å². The zero-order valence-corrected chi connectivity index (χ0v) is 34.6. The molecule has 1 aliphatic rings. The topological polar surface area (TPSA) is 87.7 Å². The number of carbonyl (C=O) groups is 3. The van der Waals surface area contributed by atoms with Gasteiger partial charge in [0.2, 0.25) is 11.8 Å². The van der Waals surface area contributed by atoms with Crippen molar-refractivity contribution in [1.82, 2.24) is 10.2 Å². The summed E-state index contributed by atoms with van der Waals surface area (Å²) in [5.74, 6) is -0.524. The van der Waals surface area contributed by atoms with Gasteiger partial charge in [0.1, 0.15) is 17.7 Å². The van der Waals surface area contributed by atoms with Crippen LogP contribution in [0.25, 0.3) is 0 Å². The number of benzene rings is 3. The van der Waals surface area contributed by atoms with E-state index in [2.05, 4.69) is 43.5 Å². The summed E-state index contributed by atoms with van der Waals surface area (Å²) < 4.78 is 5.57. The van der Waals surface area contributed by atoms with E-state index in [0.29, 0.717) is 19.3 Å². The fourth-order valence-corrected chi connectivity index (χ4v) is 12.3. The number of aryl methyl sites for hydroxylation is 1. The number of carbonyl (C=O) groups excluding carboxylic acids is 3. The number of unbranched alkanes of at least 4 members (excludes halogenated alkanes) is 3. The van der Waals surface area contributed by atoms with Crippen LogP contribution in [-0.4, -0.2) is 59.0 Å². The molecule has 3 amide bonds. The summed E-state index contributed by atoms with van der Waals surface area (Å²) in [7, 11) is -1.11. The molecule has 2 N–H and O–H groups in total. The van der Waals surface area contributed by atoms with Crippen molar-refractivity contribution in [2.75, 3.05) is 23.8 Å². The van der Waals surface area contributed by atoms with Crippen molar-refractivity contribution in [3.63, 3.8) is 0 Å². The van der Waals surface area contributed by atoms with Gasteiger partial charge in [-0.25, -0.2) is 4.79 Å². The number of hydrogen-bond donors (Lipinski definition) is 2. The Kier molecular flexibility index (Phi) is 17.8. The third-order valence-electron chi connectivity index (χ3n) is 10.1. The molecule has 0 fully saturated rings. The van der Waals surface area contributed by atoms with Crippen molar-refractivity contribution in [2.45, 2.75) is 130 Å². The monoisotopic (exact) mass is 763 g/mol. The van der Waals surface area contributed by atoms with E-state index in [1.807, 2.05) is 66.7 Å². The molecule has 3 aromatic rings. The van der Waals surface area contributed by atoms with Crippen LogP contribution in [0, 0.1) is 0 Å². The molecule has 0 radical (unpaired) electrons. The van der Waals surface area contributed by atoms with E-state index in [0.717, 1.165) is 28.5 Å². The predicted molar refractivity (Wildman–Crippen MR) is 217 cm³/mol. The van der Waals surface area contributed by atoms with E-state index in [-0.39, 0.29) is 30.8 Å². The Bertz CT molecular complexity index is 1560. The Balaban J connectivity index is 0.00000756. The summed E-state index contributed by atoms with van der Waals surface area (Å²) in [6.07, 6.45) is 13.6. The van der Waals surface area contributed by atoms with Crippen LogP contribution in [0.15, 0.2) is 78.9 Å². The molecule has 0 bridgehead atoms. The number of amides is 3. The number of nitrogens with zero attached hydrogens (tertiary/aromatic N) is 1. The van der Waals surface area contributed by atoms with Crippen LogP contribution in [0.3, 0.4) is 0 Å². The number of hydrogen-bond acceptors (Lipinski definition) is 4. The van der Waals surface area contributed by atoms with E-state index in [9.17, 15) is 14.4 Å². The minimum atomic E-state index is -1.11. The van der Waals surface area contributed by atoms with E-state index in [1.165, 1.54) is 62.6 Å². The SMILES string of the molecule is CCCC[P+](CCCC)(CCCC)Cc1ccc(NC(=O)C2Cc3ccccc3CN2C(=O)C(CCc2ccccc2)NC(=O)OC(C)(C)C)cc1.[Cl-]. The quantitative estimate of drug-likeness (QED) is 0.136. The summed E-state index contributed by atoms with van der Waals surface area (Å²) in [5.41, 5.74) is 4.48. The Morgan fingerprint density at radius 3 is 1.92 bits per heavy atom. The van der Waals surface area contributed by atoms with Crippen LogP contribution in [0.2, 0.25) is 0 Å². The second-order valence-corrected chi connectivity index (χ2v) is 19.9. The highest BCUT2D eigenvalue weighted by atomic mass is 35.5. The Morgan fingerprint density at radius 1 is 0.792 bits per heavy atom. The number of rotatable bonds is 18. The number of alkyl carbamates (subject to hydrolysis) is 1. The molecule has 3 aromatic carbocycles. The molecule has 53 heavy (non-hydrogen) atoms. The average Bonchev–Trinajstić information content (AvgIpc) is 3.13. The molecule has 1 aliphatic heterocycles. The maximum atomic E-state index is 14.5. The molecular weight excluding hydrogens is 701 g/mol. The minimum absolute atomic E-state index is 0. The van der Waals surface area contributed by atoms with Gasteiger partial charge < -0.3 is 32.7 Å². The fourth-order valence-electron chi connectivity index (χ4n) is 7.21. The highest BCUT2D eigenvalue weighted by Gasteiger charge is 2.39. The lowest BCUT2D eigenvalue weighted by atomic mass is 9.92. The molecule has 9 heteroatoms. The van der Waals surface area contributed by atoms with E-state index in [1.54, 1.807) is 25.7 Å². The van der Waals surface area contributed by atoms with Gasteiger partial charge in [0.25, 0.3) is 0 Å². The summed E-state index contributed by atoms with van der Waals surface area (Å²) >= 11 is 0. The van der Waals surface area contributed by atoms with Gasteiger partial charge in [0.15, 0.2) is 0 Å².